The maximum atomic E-state index is 12.7. The second-order valence-corrected chi connectivity index (χ2v) is 16.2. The van der Waals surface area contributed by atoms with Gasteiger partial charge >= 0.3 is 12.2 Å². The number of carbonyl (C=O) groups is 2. The molecule has 2 amide bonds. The molecule has 0 spiro atoms. The fourth-order valence-electron chi connectivity index (χ4n) is 6.51. The third-order valence-corrected chi connectivity index (χ3v) is 9.31. The first-order valence-corrected chi connectivity index (χ1v) is 17.7. The van der Waals surface area contributed by atoms with E-state index in [1.165, 1.54) is 0 Å². The molecule has 12 nitrogen and oxygen atoms in total. The highest BCUT2D eigenvalue weighted by molar-refractivity contribution is 5.95. The van der Waals surface area contributed by atoms with Crippen molar-refractivity contribution < 1.29 is 19.1 Å². The summed E-state index contributed by atoms with van der Waals surface area (Å²) in [6.07, 6.45) is 5.83. The number of H-pyrrole nitrogens is 1. The van der Waals surface area contributed by atoms with Gasteiger partial charge in [-0.3, -0.25) is 5.10 Å². The van der Waals surface area contributed by atoms with Gasteiger partial charge in [-0.25, -0.2) is 14.6 Å². The minimum Gasteiger partial charge on any atom is -0.444 e. The molecule has 0 bridgehead atoms. The number of allylic oxidation sites excluding steroid dienone is 1. The largest absolute Gasteiger partial charge is 0.444 e. The Morgan fingerprint density at radius 1 is 1.00 bits per heavy atom. The van der Waals surface area contributed by atoms with E-state index in [0.717, 1.165) is 51.7 Å². The van der Waals surface area contributed by atoms with E-state index in [9.17, 15) is 9.59 Å². The van der Waals surface area contributed by atoms with Crippen LogP contribution >= 0.6 is 0 Å². The van der Waals surface area contributed by atoms with E-state index in [-0.39, 0.29) is 6.09 Å². The molecule has 3 aromatic rings. The van der Waals surface area contributed by atoms with Crippen LogP contribution in [-0.4, -0.2) is 80.2 Å². The first-order valence-electron chi connectivity index (χ1n) is 17.7. The standard InChI is InChI=1S/C38H52N8O4/c1-23(2)29-30(25-10-11-25)43-44-32(29)40-31-27-22-26(24-14-18-46(19-15-24)35(48)50-37(6,7)8)12-13-28(27)39-33(41-31)45-20-16-38(9,17-21-45)42-34(47)49-36(3,4)5/h12-14,22,25H,1,10-11,15-21H2,2-9H3,(H,42,47)(H2,39,40,41,43,44). The van der Waals surface area contributed by atoms with Crippen LogP contribution in [0.25, 0.3) is 22.0 Å². The normalized spacial score (nSPS) is 18.0. The molecule has 50 heavy (non-hydrogen) atoms. The summed E-state index contributed by atoms with van der Waals surface area (Å²) in [4.78, 5) is 39.3. The molecule has 1 saturated heterocycles. The summed E-state index contributed by atoms with van der Waals surface area (Å²) in [6.45, 7) is 22.0. The number of hydrogen-bond acceptors (Lipinski definition) is 9. The van der Waals surface area contributed by atoms with Crippen molar-refractivity contribution in [2.45, 2.75) is 110 Å². The number of fused-ring (bicyclic) bond motifs is 1. The second kappa shape index (κ2) is 13.3. The van der Waals surface area contributed by atoms with Crippen LogP contribution in [0.4, 0.5) is 27.2 Å². The molecular formula is C38H52N8O4. The highest BCUT2D eigenvalue weighted by Gasteiger charge is 2.35. The Labute approximate surface area is 295 Å². The van der Waals surface area contributed by atoms with Crippen LogP contribution in [0.15, 0.2) is 30.9 Å². The smallest absolute Gasteiger partial charge is 0.410 e. The molecule has 2 aromatic heterocycles. The molecule has 1 aromatic carbocycles. The van der Waals surface area contributed by atoms with Gasteiger partial charge in [-0.1, -0.05) is 18.7 Å². The van der Waals surface area contributed by atoms with E-state index < -0.39 is 22.8 Å². The van der Waals surface area contributed by atoms with Crippen molar-refractivity contribution in [3.63, 3.8) is 0 Å². The lowest BCUT2D eigenvalue weighted by molar-refractivity contribution is 0.0269. The average Bonchev–Trinajstić information content (AvgIpc) is 3.78. The maximum absolute atomic E-state index is 12.7. The number of alkyl carbamates (subject to hydrolysis) is 1. The van der Waals surface area contributed by atoms with Gasteiger partial charge in [0.15, 0.2) is 5.82 Å². The van der Waals surface area contributed by atoms with E-state index in [4.69, 9.17) is 24.5 Å². The summed E-state index contributed by atoms with van der Waals surface area (Å²) >= 11 is 0. The first kappa shape index (κ1) is 35.2. The first-order chi connectivity index (χ1) is 23.5. The van der Waals surface area contributed by atoms with E-state index in [1.807, 2.05) is 54.5 Å². The van der Waals surface area contributed by atoms with Gasteiger partial charge in [0.25, 0.3) is 0 Å². The van der Waals surface area contributed by atoms with Crippen LogP contribution in [-0.2, 0) is 9.47 Å². The Morgan fingerprint density at radius 2 is 1.70 bits per heavy atom. The molecule has 0 atom stereocenters. The molecule has 0 unspecified atom stereocenters. The second-order valence-electron chi connectivity index (χ2n) is 16.2. The number of aromatic nitrogens is 4. The van der Waals surface area contributed by atoms with Gasteiger partial charge in [0.1, 0.15) is 17.0 Å². The quantitative estimate of drug-likeness (QED) is 0.227. The average molecular weight is 685 g/mol. The number of amides is 2. The van der Waals surface area contributed by atoms with Crippen molar-refractivity contribution in [1.82, 2.24) is 30.4 Å². The number of hydrogen-bond donors (Lipinski definition) is 3. The Balaban J connectivity index is 1.29. The molecule has 3 aliphatic rings. The monoisotopic (exact) mass is 684 g/mol. The molecule has 1 aliphatic carbocycles. The lowest BCUT2D eigenvalue weighted by Gasteiger charge is -2.40. The van der Waals surface area contributed by atoms with Crippen molar-refractivity contribution in [3.8, 4) is 0 Å². The van der Waals surface area contributed by atoms with Gasteiger partial charge in [-0.15, -0.1) is 0 Å². The van der Waals surface area contributed by atoms with Crippen LogP contribution < -0.4 is 15.5 Å². The Bertz CT molecular complexity index is 1820. The third kappa shape index (κ3) is 8.22. The molecule has 12 heteroatoms. The van der Waals surface area contributed by atoms with Gasteiger partial charge in [0.2, 0.25) is 5.95 Å². The molecule has 268 valence electrons. The lowest BCUT2D eigenvalue weighted by atomic mass is 9.90. The highest BCUT2D eigenvalue weighted by Crippen LogP contribution is 2.44. The number of nitrogens with one attached hydrogen (secondary N) is 3. The molecule has 3 N–H and O–H groups in total. The van der Waals surface area contributed by atoms with Gasteiger partial charge in [0.05, 0.1) is 5.52 Å². The predicted octanol–water partition coefficient (Wildman–Crippen LogP) is 7.91. The van der Waals surface area contributed by atoms with Gasteiger partial charge in [0, 0.05) is 54.3 Å². The minimum absolute atomic E-state index is 0.296. The number of benzene rings is 1. The molecular weight excluding hydrogens is 632 g/mol. The van der Waals surface area contributed by atoms with Crippen molar-refractivity contribution in [2.24, 2.45) is 0 Å². The zero-order chi connectivity index (χ0) is 36.0. The predicted molar refractivity (Wildman–Crippen MR) is 198 cm³/mol. The summed E-state index contributed by atoms with van der Waals surface area (Å²) in [7, 11) is 0. The van der Waals surface area contributed by atoms with Crippen molar-refractivity contribution in [1.29, 1.82) is 0 Å². The molecule has 6 rings (SSSR count). The van der Waals surface area contributed by atoms with E-state index in [0.29, 0.717) is 68.9 Å². The van der Waals surface area contributed by atoms with Crippen molar-refractivity contribution in [3.05, 3.63) is 47.7 Å². The van der Waals surface area contributed by atoms with E-state index >= 15 is 0 Å². The van der Waals surface area contributed by atoms with E-state index in [2.05, 4.69) is 52.3 Å². The van der Waals surface area contributed by atoms with Crippen LogP contribution in [0, 0.1) is 0 Å². The lowest BCUT2D eigenvalue weighted by Crippen LogP contribution is -2.54. The zero-order valence-electron chi connectivity index (χ0n) is 30.8. The number of anilines is 3. The highest BCUT2D eigenvalue weighted by atomic mass is 16.6. The van der Waals surface area contributed by atoms with Gasteiger partial charge < -0.3 is 29.9 Å². The van der Waals surface area contributed by atoms with Crippen LogP contribution in [0.2, 0.25) is 0 Å². The minimum atomic E-state index is -0.560. The fourth-order valence-corrected chi connectivity index (χ4v) is 6.51. The van der Waals surface area contributed by atoms with Crippen molar-refractivity contribution >= 4 is 51.8 Å². The summed E-state index contributed by atoms with van der Waals surface area (Å²) < 4.78 is 11.1. The number of ether oxygens (including phenoxy) is 2. The molecule has 4 heterocycles. The summed E-state index contributed by atoms with van der Waals surface area (Å²) in [5.74, 6) is 2.46. The SMILES string of the molecule is C=C(C)c1c(Nc2nc(N3CCC(C)(NC(=O)OC(C)(C)C)CC3)nc3ccc(C4=CCN(C(=O)OC(C)(C)C)CC4)cc23)n[nH]c1C1CC1. The van der Waals surface area contributed by atoms with Gasteiger partial charge in [-0.2, -0.15) is 10.1 Å². The maximum Gasteiger partial charge on any atom is 0.410 e. The Hall–Kier alpha value is -4.61. The zero-order valence-corrected chi connectivity index (χ0v) is 30.8. The number of carbonyl (C=O) groups excluding carboxylic acids is 2. The molecule has 2 fully saturated rings. The summed E-state index contributed by atoms with van der Waals surface area (Å²) in [6, 6.07) is 6.26. The third-order valence-electron chi connectivity index (χ3n) is 9.31. The summed E-state index contributed by atoms with van der Waals surface area (Å²) in [5, 5.41) is 15.5. The van der Waals surface area contributed by atoms with E-state index in [1.54, 1.807) is 4.90 Å². The number of piperidine rings is 1. The molecule has 2 aliphatic heterocycles. The van der Waals surface area contributed by atoms with Crippen LogP contribution in [0.3, 0.4) is 0 Å². The number of nitrogens with zero attached hydrogens (tertiary/aromatic N) is 5. The van der Waals surface area contributed by atoms with Crippen LogP contribution in [0.1, 0.15) is 110 Å². The number of aromatic amines is 1. The van der Waals surface area contributed by atoms with Crippen LogP contribution in [0.5, 0.6) is 0 Å². The molecule has 0 radical (unpaired) electrons. The number of rotatable bonds is 7. The fraction of sp³-hybridized carbons (Fsp3) is 0.553. The summed E-state index contributed by atoms with van der Waals surface area (Å²) in [5.41, 5.74) is 4.60. The van der Waals surface area contributed by atoms with Gasteiger partial charge in [-0.05, 0) is 116 Å². The topological polar surface area (TPSA) is 138 Å². The Morgan fingerprint density at radius 3 is 2.30 bits per heavy atom. The van der Waals surface area contributed by atoms with Crippen molar-refractivity contribution in [2.75, 3.05) is 36.4 Å². The molecule has 1 saturated carbocycles. The Kier molecular flexibility index (Phi) is 9.34.